The molecule has 0 aliphatic rings. The van der Waals surface area contributed by atoms with Crippen molar-refractivity contribution in [1.29, 1.82) is 0 Å². The third-order valence-electron chi connectivity index (χ3n) is 8.02. The summed E-state index contributed by atoms with van der Waals surface area (Å²) in [4.78, 5) is 50.0. The van der Waals surface area contributed by atoms with Gasteiger partial charge in [-0.25, -0.2) is 19.2 Å². The average Bonchev–Trinajstić information content (AvgIpc) is 3.20. The van der Waals surface area contributed by atoms with Gasteiger partial charge >= 0.3 is 24.2 Å². The summed E-state index contributed by atoms with van der Waals surface area (Å²) >= 11 is 0. The number of carbonyl (C=O) groups excluding carboxylic acids is 4. The number of hydrogen-bond donors (Lipinski definition) is 0. The number of unbranched alkanes of at least 4 members (excludes halogenated alkanes) is 2. The Labute approximate surface area is 324 Å². The van der Waals surface area contributed by atoms with Crippen LogP contribution in [0.4, 0.5) is 9.59 Å². The molecular weight excluding hydrogens is 720 g/mol. The van der Waals surface area contributed by atoms with Crippen LogP contribution in [-0.4, -0.2) is 63.9 Å². The van der Waals surface area contributed by atoms with Crippen LogP contribution in [0.1, 0.15) is 46.4 Å². The Balaban J connectivity index is 1.07. The molecule has 290 valence electrons. The topological polar surface area (TPSA) is 142 Å². The van der Waals surface area contributed by atoms with Crippen LogP contribution in [0.15, 0.2) is 122 Å². The van der Waals surface area contributed by atoms with E-state index in [9.17, 15) is 19.2 Å². The number of esters is 2. The minimum atomic E-state index is -0.803. The summed E-state index contributed by atoms with van der Waals surface area (Å²) in [5.74, 6) is -0.0496. The molecule has 5 rings (SSSR count). The number of carbonyl (C=O) groups is 4. The maximum Gasteiger partial charge on any atom is 0.513 e. The second-order valence-corrected chi connectivity index (χ2v) is 12.2. The summed E-state index contributed by atoms with van der Waals surface area (Å²) < 4.78 is 42.5. The Morgan fingerprint density at radius 2 is 0.786 bits per heavy atom. The Morgan fingerprint density at radius 1 is 0.429 bits per heavy atom. The van der Waals surface area contributed by atoms with Crippen LogP contribution in [0.3, 0.4) is 0 Å². The smallest absolute Gasteiger partial charge is 0.434 e. The summed E-state index contributed by atoms with van der Waals surface area (Å²) in [6.45, 7) is 9.68. The van der Waals surface area contributed by atoms with Crippen LogP contribution in [0.5, 0.6) is 23.0 Å². The van der Waals surface area contributed by atoms with Crippen LogP contribution in [0.25, 0.3) is 21.5 Å². The largest absolute Gasteiger partial charge is 0.513 e. The Hall–Kier alpha value is -6.50. The maximum atomic E-state index is 12.9. The molecule has 5 aromatic rings. The molecule has 0 unspecified atom stereocenters. The van der Waals surface area contributed by atoms with Crippen LogP contribution in [0.2, 0.25) is 0 Å². The molecule has 0 aliphatic heterocycles. The fourth-order valence-corrected chi connectivity index (χ4v) is 5.24. The van der Waals surface area contributed by atoms with Gasteiger partial charge in [0, 0.05) is 13.2 Å². The number of rotatable bonds is 20. The van der Waals surface area contributed by atoms with Crippen LogP contribution < -0.4 is 18.9 Å². The van der Waals surface area contributed by atoms with Gasteiger partial charge in [0.2, 0.25) is 0 Å². The molecule has 12 nitrogen and oxygen atoms in total. The molecule has 0 aliphatic carbocycles. The molecular formula is C44H42O12. The summed E-state index contributed by atoms with van der Waals surface area (Å²) in [7, 11) is 0. The van der Waals surface area contributed by atoms with E-state index in [4.69, 9.17) is 37.9 Å². The van der Waals surface area contributed by atoms with E-state index in [1.54, 1.807) is 84.9 Å². The first-order chi connectivity index (χ1) is 27.3. The molecule has 0 radical (unpaired) electrons. The molecule has 0 bridgehead atoms. The number of fused-ring (bicyclic) bond motifs is 2. The lowest BCUT2D eigenvalue weighted by atomic mass is 10.1. The summed E-state index contributed by atoms with van der Waals surface area (Å²) in [6, 6.07) is 26.1. The average molecular weight is 763 g/mol. The zero-order valence-corrected chi connectivity index (χ0v) is 30.8. The van der Waals surface area contributed by atoms with Gasteiger partial charge in [-0.1, -0.05) is 36.4 Å². The Kier molecular flexibility index (Phi) is 15.5. The van der Waals surface area contributed by atoms with Crippen molar-refractivity contribution in [3.63, 3.8) is 0 Å². The van der Waals surface area contributed by atoms with Gasteiger partial charge in [-0.05, 0) is 120 Å². The lowest BCUT2D eigenvalue weighted by molar-refractivity contribution is 0.0719. The predicted octanol–water partition coefficient (Wildman–Crippen LogP) is 9.43. The third-order valence-corrected chi connectivity index (χ3v) is 8.02. The fourth-order valence-electron chi connectivity index (χ4n) is 5.24. The summed E-state index contributed by atoms with van der Waals surface area (Å²) in [5.41, 5.74) is 0.620. The van der Waals surface area contributed by atoms with Gasteiger partial charge in [-0.15, -0.1) is 13.2 Å². The van der Waals surface area contributed by atoms with Crippen molar-refractivity contribution in [2.24, 2.45) is 0 Å². The van der Waals surface area contributed by atoms with E-state index in [1.165, 1.54) is 24.3 Å². The molecule has 0 fully saturated rings. The van der Waals surface area contributed by atoms with Gasteiger partial charge in [0.1, 0.15) is 23.0 Å². The first kappa shape index (κ1) is 40.7. The lowest BCUT2D eigenvalue weighted by Gasteiger charge is -2.09. The number of benzene rings is 5. The van der Waals surface area contributed by atoms with Gasteiger partial charge in [-0.2, -0.15) is 0 Å². The lowest BCUT2D eigenvalue weighted by Crippen LogP contribution is -2.12. The standard InChI is InChI=1S/C44H42O12/c1-3-21-49-23-5-7-25-51-43(47)55-39-15-13-31-27-35(11-9-33(31)29-39)41(45)53-37-17-19-38(20-18-37)54-42(46)36-12-10-34-30-40(16-14-32(34)28-36)56-44(48)52-26-8-6-24-50-22-4-2/h3-4,9-20,27-30H,1-2,5-8,21-26H2. The van der Waals surface area contributed by atoms with Crippen LogP contribution in [-0.2, 0) is 18.9 Å². The van der Waals surface area contributed by atoms with E-state index in [2.05, 4.69) is 13.2 Å². The molecule has 56 heavy (non-hydrogen) atoms. The van der Waals surface area contributed by atoms with Crippen molar-refractivity contribution in [3.8, 4) is 23.0 Å². The Morgan fingerprint density at radius 3 is 1.20 bits per heavy atom. The zero-order valence-electron chi connectivity index (χ0n) is 30.8. The van der Waals surface area contributed by atoms with E-state index < -0.39 is 24.2 Å². The SMILES string of the molecule is C=CCOCCCCOC(=O)Oc1ccc2cc(C(=O)Oc3ccc(OC(=O)c4ccc5cc(OC(=O)OCCCCOCC=C)ccc5c4)cc3)ccc2c1. The normalized spacial score (nSPS) is 10.7. The Bertz CT molecular complexity index is 1990. The highest BCUT2D eigenvalue weighted by Gasteiger charge is 2.14. The highest BCUT2D eigenvalue weighted by Crippen LogP contribution is 2.26. The van der Waals surface area contributed by atoms with E-state index in [0.29, 0.717) is 61.9 Å². The van der Waals surface area contributed by atoms with E-state index in [-0.39, 0.29) is 24.7 Å². The molecule has 0 N–H and O–H groups in total. The molecule has 0 atom stereocenters. The molecule has 0 saturated carbocycles. The van der Waals surface area contributed by atoms with Crippen molar-refractivity contribution in [2.45, 2.75) is 25.7 Å². The summed E-state index contributed by atoms with van der Waals surface area (Å²) in [6.07, 6.45) is 4.52. The van der Waals surface area contributed by atoms with Crippen LogP contribution >= 0.6 is 0 Å². The van der Waals surface area contributed by atoms with Crippen molar-refractivity contribution in [3.05, 3.63) is 133 Å². The molecule has 0 amide bonds. The predicted molar refractivity (Wildman–Crippen MR) is 209 cm³/mol. The van der Waals surface area contributed by atoms with Gasteiger partial charge < -0.3 is 37.9 Å². The number of hydrogen-bond acceptors (Lipinski definition) is 12. The van der Waals surface area contributed by atoms with Crippen LogP contribution in [0, 0.1) is 0 Å². The van der Waals surface area contributed by atoms with Crippen molar-refractivity contribution in [1.82, 2.24) is 0 Å². The minimum Gasteiger partial charge on any atom is -0.434 e. The monoisotopic (exact) mass is 762 g/mol. The van der Waals surface area contributed by atoms with E-state index in [0.717, 1.165) is 34.4 Å². The molecule has 0 saturated heterocycles. The second-order valence-electron chi connectivity index (χ2n) is 12.2. The summed E-state index contributed by atoms with van der Waals surface area (Å²) in [5, 5.41) is 2.96. The van der Waals surface area contributed by atoms with Crippen molar-refractivity contribution < 1.29 is 57.1 Å². The quantitative estimate of drug-likeness (QED) is 0.0245. The van der Waals surface area contributed by atoms with Crippen molar-refractivity contribution in [2.75, 3.05) is 39.6 Å². The van der Waals surface area contributed by atoms with Crippen molar-refractivity contribution >= 4 is 45.8 Å². The first-order valence-corrected chi connectivity index (χ1v) is 18.0. The number of ether oxygens (including phenoxy) is 8. The molecule has 0 spiro atoms. The fraction of sp³-hybridized carbons (Fsp3) is 0.227. The second kappa shape index (κ2) is 21.4. The molecule has 12 heteroatoms. The van der Waals surface area contributed by atoms with Gasteiger partial charge in [0.25, 0.3) is 0 Å². The first-order valence-electron chi connectivity index (χ1n) is 18.0. The van der Waals surface area contributed by atoms with E-state index >= 15 is 0 Å². The van der Waals surface area contributed by atoms with Gasteiger partial charge in [0.15, 0.2) is 0 Å². The molecule has 0 heterocycles. The van der Waals surface area contributed by atoms with E-state index in [1.807, 2.05) is 0 Å². The minimum absolute atomic E-state index is 0.214. The maximum absolute atomic E-state index is 12.9. The highest BCUT2D eigenvalue weighted by molar-refractivity contribution is 5.98. The third kappa shape index (κ3) is 12.8. The highest BCUT2D eigenvalue weighted by atomic mass is 16.7. The van der Waals surface area contributed by atoms with Gasteiger partial charge in [-0.3, -0.25) is 0 Å². The molecule has 5 aromatic carbocycles. The zero-order chi connectivity index (χ0) is 39.5. The molecule has 0 aromatic heterocycles. The van der Waals surface area contributed by atoms with Gasteiger partial charge in [0.05, 0.1) is 37.6 Å².